The first-order valence-electron chi connectivity index (χ1n) is 13.4. The van der Waals surface area contributed by atoms with Gasteiger partial charge in [0.2, 0.25) is 0 Å². The summed E-state index contributed by atoms with van der Waals surface area (Å²) in [5.74, 6) is 1.34. The van der Waals surface area contributed by atoms with E-state index in [4.69, 9.17) is 18.9 Å². The highest BCUT2D eigenvalue weighted by Gasteiger charge is 2.32. The Kier molecular flexibility index (Phi) is 9.98. The van der Waals surface area contributed by atoms with Gasteiger partial charge in [0.15, 0.2) is 11.5 Å². The molecule has 4 rings (SSSR count). The van der Waals surface area contributed by atoms with Gasteiger partial charge in [-0.25, -0.2) is 0 Å². The van der Waals surface area contributed by atoms with E-state index in [0.29, 0.717) is 43.4 Å². The second-order valence-corrected chi connectivity index (χ2v) is 10.0. The molecule has 0 unspecified atom stereocenters. The van der Waals surface area contributed by atoms with Crippen LogP contribution in [0.5, 0.6) is 11.5 Å². The molecule has 1 saturated heterocycles. The first kappa shape index (κ1) is 27.9. The second kappa shape index (κ2) is 13.6. The van der Waals surface area contributed by atoms with Crippen molar-refractivity contribution in [3.63, 3.8) is 0 Å². The molecule has 1 aliphatic rings. The van der Waals surface area contributed by atoms with Crippen molar-refractivity contribution >= 4 is 16.7 Å². The lowest BCUT2D eigenvalue weighted by Gasteiger charge is -2.31. The third-order valence-electron chi connectivity index (χ3n) is 7.09. The fourth-order valence-corrected chi connectivity index (χ4v) is 4.96. The number of benzene rings is 3. The van der Waals surface area contributed by atoms with Gasteiger partial charge in [0.25, 0.3) is 5.91 Å². The average molecular weight is 521 g/mol. The van der Waals surface area contributed by atoms with E-state index in [2.05, 4.69) is 61.6 Å². The quantitative estimate of drug-likeness (QED) is 0.323. The van der Waals surface area contributed by atoms with Gasteiger partial charge >= 0.3 is 0 Å². The number of rotatable bonds is 13. The molecular weight excluding hydrogens is 480 g/mol. The van der Waals surface area contributed by atoms with Gasteiger partial charge in [-0.1, -0.05) is 42.5 Å². The zero-order valence-electron chi connectivity index (χ0n) is 22.9. The maximum Gasteiger partial charge on any atom is 0.254 e. The van der Waals surface area contributed by atoms with E-state index >= 15 is 0 Å². The van der Waals surface area contributed by atoms with Gasteiger partial charge in [-0.15, -0.1) is 0 Å². The van der Waals surface area contributed by atoms with Crippen LogP contribution in [0.2, 0.25) is 0 Å². The minimum absolute atomic E-state index is 0.0240. The fraction of sp³-hybridized carbons (Fsp3) is 0.452. The molecule has 1 amide bonds. The van der Waals surface area contributed by atoms with E-state index in [1.54, 1.807) is 32.4 Å². The summed E-state index contributed by atoms with van der Waals surface area (Å²) in [6.07, 6.45) is 0.781. The molecule has 1 N–H and O–H groups in total. The Morgan fingerprint density at radius 2 is 1.82 bits per heavy atom. The molecule has 0 bridgehead atoms. The smallest absolute Gasteiger partial charge is 0.254 e. The molecule has 1 fully saturated rings. The molecule has 1 aliphatic heterocycles. The fourth-order valence-electron chi connectivity index (χ4n) is 4.96. The number of hydrogen-bond donors (Lipinski definition) is 1. The molecule has 1 heterocycles. The predicted octanol–water partition coefficient (Wildman–Crippen LogP) is 4.92. The summed E-state index contributed by atoms with van der Waals surface area (Å²) >= 11 is 0. The third kappa shape index (κ3) is 6.84. The molecule has 3 aromatic rings. The van der Waals surface area contributed by atoms with E-state index in [9.17, 15) is 4.79 Å². The van der Waals surface area contributed by atoms with Crippen molar-refractivity contribution in [3.8, 4) is 11.5 Å². The summed E-state index contributed by atoms with van der Waals surface area (Å²) in [5.41, 5.74) is 1.77. The minimum atomic E-state index is -0.0240. The number of methoxy groups -OCH3 is 2. The first-order chi connectivity index (χ1) is 18.5. The minimum Gasteiger partial charge on any atom is -0.493 e. The number of nitrogens with one attached hydrogen (secondary N) is 1. The third-order valence-corrected chi connectivity index (χ3v) is 7.09. The molecule has 38 heavy (non-hydrogen) atoms. The van der Waals surface area contributed by atoms with Crippen LogP contribution in [0.25, 0.3) is 10.8 Å². The van der Waals surface area contributed by atoms with E-state index < -0.39 is 0 Å². The average Bonchev–Trinajstić information content (AvgIpc) is 3.39. The van der Waals surface area contributed by atoms with Gasteiger partial charge < -0.3 is 29.2 Å². The van der Waals surface area contributed by atoms with Crippen LogP contribution < -0.4 is 14.8 Å². The highest BCUT2D eigenvalue weighted by atomic mass is 16.5. The largest absolute Gasteiger partial charge is 0.493 e. The molecule has 0 aromatic heterocycles. The summed E-state index contributed by atoms with van der Waals surface area (Å²) in [7, 11) is 3.27. The molecule has 0 spiro atoms. The Morgan fingerprint density at radius 3 is 2.61 bits per heavy atom. The molecule has 7 heteroatoms. The summed E-state index contributed by atoms with van der Waals surface area (Å²) in [6, 6.07) is 20.1. The van der Waals surface area contributed by atoms with Gasteiger partial charge in [0.05, 0.1) is 26.4 Å². The van der Waals surface area contributed by atoms with Crippen molar-refractivity contribution in [2.24, 2.45) is 5.92 Å². The van der Waals surface area contributed by atoms with Crippen molar-refractivity contribution in [1.29, 1.82) is 0 Å². The Bertz CT molecular complexity index is 1190. The molecule has 3 aromatic carbocycles. The maximum atomic E-state index is 13.7. The number of carbonyl (C=O) groups is 1. The zero-order chi connectivity index (χ0) is 26.9. The van der Waals surface area contributed by atoms with Crippen LogP contribution in [-0.2, 0) is 16.1 Å². The predicted molar refractivity (Wildman–Crippen MR) is 150 cm³/mol. The van der Waals surface area contributed by atoms with Crippen molar-refractivity contribution in [3.05, 3.63) is 71.8 Å². The Hall–Kier alpha value is -3.13. The molecule has 0 saturated carbocycles. The first-order valence-corrected chi connectivity index (χ1v) is 13.4. The van der Waals surface area contributed by atoms with Crippen LogP contribution in [0.15, 0.2) is 60.7 Å². The summed E-state index contributed by atoms with van der Waals surface area (Å²) in [5, 5.41) is 5.90. The van der Waals surface area contributed by atoms with E-state index in [0.717, 1.165) is 19.5 Å². The van der Waals surface area contributed by atoms with Gasteiger partial charge in [-0.05, 0) is 48.4 Å². The SMILES string of the molecule is COCCCOc1cc(C(=O)N(C[C@@H]2CNC[C@H]2OCc2cccc3ccccc23)C(C)C)ccc1OC. The van der Waals surface area contributed by atoms with E-state index in [-0.39, 0.29) is 24.0 Å². The van der Waals surface area contributed by atoms with Gasteiger partial charge in [-0.3, -0.25) is 4.79 Å². The number of ether oxygens (including phenoxy) is 4. The Labute approximate surface area is 226 Å². The Morgan fingerprint density at radius 1 is 1.00 bits per heavy atom. The topological polar surface area (TPSA) is 69.3 Å². The monoisotopic (exact) mass is 520 g/mol. The maximum absolute atomic E-state index is 13.7. The molecule has 0 radical (unpaired) electrons. The van der Waals surface area contributed by atoms with Crippen LogP contribution in [-0.4, -0.2) is 70.0 Å². The molecule has 0 aliphatic carbocycles. The summed E-state index contributed by atoms with van der Waals surface area (Å²) < 4.78 is 22.9. The lowest BCUT2D eigenvalue weighted by molar-refractivity contribution is 0.0134. The molecule has 7 nitrogen and oxygen atoms in total. The Balaban J connectivity index is 1.43. The van der Waals surface area contributed by atoms with Crippen molar-refractivity contribution in [1.82, 2.24) is 10.2 Å². The number of amides is 1. The van der Waals surface area contributed by atoms with Crippen LogP contribution >= 0.6 is 0 Å². The second-order valence-electron chi connectivity index (χ2n) is 10.0. The normalized spacial score (nSPS) is 17.2. The number of hydrogen-bond acceptors (Lipinski definition) is 6. The summed E-state index contributed by atoms with van der Waals surface area (Å²) in [6.45, 7) is 7.95. The number of carbonyl (C=O) groups excluding carboxylic acids is 1. The highest BCUT2D eigenvalue weighted by Crippen LogP contribution is 2.30. The van der Waals surface area contributed by atoms with Gasteiger partial charge in [-0.2, -0.15) is 0 Å². The molecule has 204 valence electrons. The van der Waals surface area contributed by atoms with Crippen LogP contribution in [0.3, 0.4) is 0 Å². The zero-order valence-corrected chi connectivity index (χ0v) is 22.9. The van der Waals surface area contributed by atoms with Crippen molar-refractivity contribution in [2.45, 2.75) is 39.0 Å². The number of fused-ring (bicyclic) bond motifs is 1. The van der Waals surface area contributed by atoms with Crippen LogP contribution in [0.4, 0.5) is 0 Å². The molecular formula is C31H40N2O5. The van der Waals surface area contributed by atoms with Crippen LogP contribution in [0, 0.1) is 5.92 Å². The van der Waals surface area contributed by atoms with Crippen molar-refractivity contribution < 1.29 is 23.7 Å². The lowest BCUT2D eigenvalue weighted by atomic mass is 10.0. The molecule has 2 atom stereocenters. The van der Waals surface area contributed by atoms with E-state index in [1.165, 1.54) is 16.3 Å². The standard InChI is InChI=1S/C31H40N2O5/c1-22(2)33(31(34)24-13-14-28(36-4)29(17-24)37-16-8-15-35-3)20-26-18-32-19-30(26)38-21-25-11-7-10-23-9-5-6-12-27(23)25/h5-7,9-14,17,22,26,30,32H,8,15-16,18-21H2,1-4H3/t26-,30+/m0/s1. The van der Waals surface area contributed by atoms with E-state index in [1.807, 2.05) is 4.90 Å². The van der Waals surface area contributed by atoms with Gasteiger partial charge in [0.1, 0.15) is 0 Å². The lowest BCUT2D eigenvalue weighted by Crippen LogP contribution is -2.43. The summed E-state index contributed by atoms with van der Waals surface area (Å²) in [4.78, 5) is 15.6. The number of nitrogens with zero attached hydrogens (tertiary/aromatic N) is 1. The van der Waals surface area contributed by atoms with Gasteiger partial charge in [0, 0.05) is 57.3 Å². The van der Waals surface area contributed by atoms with Crippen molar-refractivity contribution in [2.75, 3.05) is 47.1 Å². The highest BCUT2D eigenvalue weighted by molar-refractivity contribution is 5.95. The van der Waals surface area contributed by atoms with Crippen LogP contribution in [0.1, 0.15) is 36.2 Å².